The fourth-order valence-corrected chi connectivity index (χ4v) is 4.81. The van der Waals surface area contributed by atoms with E-state index in [2.05, 4.69) is 79.8 Å². The van der Waals surface area contributed by atoms with E-state index in [1.807, 2.05) is 11.8 Å². The van der Waals surface area contributed by atoms with Crippen molar-refractivity contribution in [2.75, 3.05) is 37.7 Å². The Hall–Kier alpha value is -1.43. The minimum absolute atomic E-state index is 0.00619. The van der Waals surface area contributed by atoms with Gasteiger partial charge in [0.25, 0.3) is 0 Å². The molecule has 1 aromatic carbocycles. The molecule has 2 rings (SSSR count). The molecule has 0 amide bonds. The third-order valence-corrected chi connectivity index (χ3v) is 7.53. The first kappa shape index (κ1) is 25.8. The van der Waals surface area contributed by atoms with Gasteiger partial charge in [-0.2, -0.15) is 11.8 Å². The van der Waals surface area contributed by atoms with Crippen LogP contribution >= 0.6 is 11.8 Å². The zero-order chi connectivity index (χ0) is 22.7. The zero-order valence-corrected chi connectivity index (χ0v) is 20.8. The maximum Gasteiger partial charge on any atom is 0.0653 e. The zero-order valence-electron chi connectivity index (χ0n) is 20.0. The number of benzene rings is 1. The maximum atomic E-state index is 5.81. The summed E-state index contributed by atoms with van der Waals surface area (Å²) in [6, 6.07) is 10.9. The van der Waals surface area contributed by atoms with Gasteiger partial charge >= 0.3 is 0 Å². The van der Waals surface area contributed by atoms with Crippen LogP contribution in [0.3, 0.4) is 0 Å². The summed E-state index contributed by atoms with van der Waals surface area (Å²) in [5.74, 6) is 2.93. The molecular weight excluding hydrogens is 400 g/mol. The van der Waals surface area contributed by atoms with Gasteiger partial charge in [0.15, 0.2) is 0 Å². The fourth-order valence-electron chi connectivity index (χ4n) is 3.93. The fraction of sp³-hybridized carbons (Fsp3) is 0.615. The Morgan fingerprint density at radius 3 is 2.65 bits per heavy atom. The molecule has 0 saturated carbocycles. The number of nitrogens with zero attached hydrogens (tertiary/aromatic N) is 1. The van der Waals surface area contributed by atoms with Gasteiger partial charge in [-0.3, -0.25) is 0 Å². The van der Waals surface area contributed by atoms with Crippen LogP contribution in [0, 0.1) is 5.92 Å². The number of thioether (sulfide) groups is 1. The average Bonchev–Trinajstić information content (AvgIpc) is 3.05. The second-order valence-electron chi connectivity index (χ2n) is 9.34. The van der Waals surface area contributed by atoms with Crippen LogP contribution in [-0.4, -0.2) is 54.2 Å². The topological polar surface area (TPSA) is 53.3 Å². The van der Waals surface area contributed by atoms with E-state index in [0.29, 0.717) is 12.5 Å². The molecule has 1 aromatic rings. The van der Waals surface area contributed by atoms with Crippen molar-refractivity contribution >= 4 is 11.8 Å². The minimum Gasteiger partial charge on any atom is -0.380 e. The van der Waals surface area contributed by atoms with E-state index in [1.165, 1.54) is 29.2 Å². The molecular formula is C26H44N4S. The molecule has 2 atom stereocenters. The van der Waals surface area contributed by atoms with E-state index in [4.69, 9.17) is 5.73 Å². The molecule has 2 unspecified atom stereocenters. The summed E-state index contributed by atoms with van der Waals surface area (Å²) < 4.78 is 0. The number of nitrogens with one attached hydrogen (secondary N) is 2. The van der Waals surface area contributed by atoms with Gasteiger partial charge in [0.2, 0.25) is 0 Å². The van der Waals surface area contributed by atoms with Crippen LogP contribution in [0.5, 0.6) is 0 Å². The highest BCUT2D eigenvalue weighted by Crippen LogP contribution is 2.22. The van der Waals surface area contributed by atoms with Crippen LogP contribution in [0.4, 0.5) is 0 Å². The van der Waals surface area contributed by atoms with Crippen LogP contribution < -0.4 is 16.4 Å². The molecule has 0 radical (unpaired) electrons. The predicted octanol–water partition coefficient (Wildman–Crippen LogP) is 4.40. The van der Waals surface area contributed by atoms with E-state index in [9.17, 15) is 0 Å². The smallest absolute Gasteiger partial charge is 0.0653 e. The van der Waals surface area contributed by atoms with E-state index in [0.717, 1.165) is 44.6 Å². The molecule has 1 aliphatic rings. The average molecular weight is 445 g/mol. The van der Waals surface area contributed by atoms with Crippen LogP contribution in [0.2, 0.25) is 0 Å². The van der Waals surface area contributed by atoms with Crippen molar-refractivity contribution in [2.24, 2.45) is 11.7 Å². The Bertz CT molecular complexity index is 665. The van der Waals surface area contributed by atoms with Crippen molar-refractivity contribution in [3.05, 3.63) is 60.4 Å². The van der Waals surface area contributed by atoms with E-state index in [1.54, 1.807) is 0 Å². The van der Waals surface area contributed by atoms with Gasteiger partial charge in [-0.1, -0.05) is 50.4 Å². The first-order valence-corrected chi connectivity index (χ1v) is 12.9. The molecule has 174 valence electrons. The molecule has 4 nitrogen and oxygen atoms in total. The first-order valence-electron chi connectivity index (χ1n) is 11.8. The van der Waals surface area contributed by atoms with Crippen LogP contribution in [0.1, 0.15) is 45.6 Å². The van der Waals surface area contributed by atoms with Crippen molar-refractivity contribution in [3.63, 3.8) is 0 Å². The molecule has 0 aliphatic carbocycles. The van der Waals surface area contributed by atoms with E-state index in [-0.39, 0.29) is 11.6 Å². The molecule has 4 N–H and O–H groups in total. The van der Waals surface area contributed by atoms with Gasteiger partial charge in [0.1, 0.15) is 0 Å². The summed E-state index contributed by atoms with van der Waals surface area (Å²) >= 11 is 2.04. The molecule has 5 heteroatoms. The highest BCUT2D eigenvalue weighted by molar-refractivity contribution is 7.99. The standard InChI is InChI=1S/C26H44N4S/c1-21(19-24-11-7-6-8-12-24)26(4,5)28-20-22(2)29-25(13-9-14-27)23(3)30-15-10-17-31-18-16-30/h6-8,11-12,21,25,28-29H,2-3,9-10,13-20,27H2,1,4-5H3. The quantitative estimate of drug-likeness (QED) is 0.421. The van der Waals surface area contributed by atoms with Crippen LogP contribution in [0.25, 0.3) is 0 Å². The third-order valence-electron chi connectivity index (χ3n) is 6.48. The van der Waals surface area contributed by atoms with Gasteiger partial charge in [0.05, 0.1) is 6.04 Å². The summed E-state index contributed by atoms with van der Waals surface area (Å²) in [6.07, 6.45) is 4.26. The van der Waals surface area contributed by atoms with Gasteiger partial charge in [0, 0.05) is 42.3 Å². The first-order chi connectivity index (χ1) is 14.8. The highest BCUT2D eigenvalue weighted by atomic mass is 32.2. The number of hydrogen-bond acceptors (Lipinski definition) is 5. The molecule has 1 saturated heterocycles. The second-order valence-corrected chi connectivity index (χ2v) is 10.6. The van der Waals surface area contributed by atoms with Crippen molar-refractivity contribution in [2.45, 2.75) is 58.0 Å². The van der Waals surface area contributed by atoms with E-state index < -0.39 is 0 Å². The van der Waals surface area contributed by atoms with Crippen LogP contribution in [0.15, 0.2) is 54.9 Å². The lowest BCUT2D eigenvalue weighted by molar-refractivity contribution is 0.272. The normalized spacial score (nSPS) is 17.0. The summed E-state index contributed by atoms with van der Waals surface area (Å²) in [7, 11) is 0. The van der Waals surface area contributed by atoms with Crippen molar-refractivity contribution in [1.29, 1.82) is 0 Å². The monoisotopic (exact) mass is 444 g/mol. The molecule has 1 aliphatic heterocycles. The van der Waals surface area contributed by atoms with Crippen molar-refractivity contribution in [1.82, 2.24) is 15.5 Å². The number of rotatable bonds is 13. The molecule has 0 bridgehead atoms. The minimum atomic E-state index is 0.00619. The summed E-state index contributed by atoms with van der Waals surface area (Å²) in [4.78, 5) is 2.46. The third kappa shape index (κ3) is 8.91. The van der Waals surface area contributed by atoms with Crippen LogP contribution in [-0.2, 0) is 6.42 Å². The lowest BCUT2D eigenvalue weighted by Gasteiger charge is -2.35. The van der Waals surface area contributed by atoms with E-state index >= 15 is 0 Å². The lowest BCUT2D eigenvalue weighted by atomic mass is 9.84. The predicted molar refractivity (Wildman–Crippen MR) is 138 cm³/mol. The van der Waals surface area contributed by atoms with Crippen molar-refractivity contribution in [3.8, 4) is 0 Å². The Balaban J connectivity index is 1.89. The molecule has 0 spiro atoms. The Labute approximate surface area is 195 Å². The molecule has 31 heavy (non-hydrogen) atoms. The molecule has 1 heterocycles. The van der Waals surface area contributed by atoms with Gasteiger partial charge in [-0.05, 0) is 63.3 Å². The largest absolute Gasteiger partial charge is 0.380 e. The molecule has 1 fully saturated rings. The maximum absolute atomic E-state index is 5.81. The van der Waals surface area contributed by atoms with Crippen molar-refractivity contribution < 1.29 is 0 Å². The Morgan fingerprint density at radius 1 is 1.19 bits per heavy atom. The summed E-state index contributed by atoms with van der Waals surface area (Å²) in [6.45, 7) is 19.3. The number of nitrogens with two attached hydrogens (primary N) is 1. The van der Waals surface area contributed by atoms with Gasteiger partial charge in [-0.25, -0.2) is 0 Å². The summed E-state index contributed by atoms with van der Waals surface area (Å²) in [5.41, 5.74) is 9.41. The Morgan fingerprint density at radius 2 is 1.94 bits per heavy atom. The Kier molecular flexibility index (Phi) is 11.0. The highest BCUT2D eigenvalue weighted by Gasteiger charge is 2.26. The van der Waals surface area contributed by atoms with Gasteiger partial charge < -0.3 is 21.3 Å². The number of hydrogen-bond donors (Lipinski definition) is 3. The lowest BCUT2D eigenvalue weighted by Crippen LogP contribution is -2.48. The molecule has 0 aromatic heterocycles. The SMILES string of the molecule is C=C(CNC(C)(C)C(C)Cc1ccccc1)NC(CCCN)C(=C)N1CCCSCC1. The second kappa shape index (κ2) is 13.2. The van der Waals surface area contributed by atoms with Gasteiger partial charge in [-0.15, -0.1) is 0 Å². The summed E-state index contributed by atoms with van der Waals surface area (Å²) in [5, 5.41) is 7.41.